The van der Waals surface area contributed by atoms with Gasteiger partial charge in [0.25, 0.3) is 0 Å². The second-order valence-corrected chi connectivity index (χ2v) is 7.01. The van der Waals surface area contributed by atoms with Gasteiger partial charge in [-0.05, 0) is 36.0 Å². The molecule has 124 valence electrons. The molecule has 2 N–H and O–H groups in total. The third kappa shape index (κ3) is 5.53. The Morgan fingerprint density at radius 2 is 2.17 bits per heavy atom. The van der Waals surface area contributed by atoms with Crippen molar-refractivity contribution in [1.29, 1.82) is 0 Å². The third-order valence-electron chi connectivity index (χ3n) is 3.75. The highest BCUT2D eigenvalue weighted by Gasteiger charge is 2.20. The van der Waals surface area contributed by atoms with Crippen LogP contribution in [0.1, 0.15) is 39.2 Å². The lowest BCUT2D eigenvalue weighted by Crippen LogP contribution is -2.37. The summed E-state index contributed by atoms with van der Waals surface area (Å²) in [6.07, 6.45) is 6.86. The lowest BCUT2D eigenvalue weighted by atomic mass is 9.88. The number of aliphatic carboxylic acids is 1. The van der Waals surface area contributed by atoms with Crippen molar-refractivity contribution >= 4 is 5.97 Å². The minimum Gasteiger partial charge on any atom is -0.480 e. The number of nitrogens with one attached hydrogen (secondary N) is 1. The van der Waals surface area contributed by atoms with E-state index >= 15 is 0 Å². The molecule has 1 atom stereocenters. The van der Waals surface area contributed by atoms with Crippen LogP contribution in [0.2, 0.25) is 0 Å². The van der Waals surface area contributed by atoms with Gasteiger partial charge >= 0.3 is 5.97 Å². The number of aromatic nitrogens is 2. The van der Waals surface area contributed by atoms with Crippen LogP contribution in [0.25, 0.3) is 5.69 Å². The fourth-order valence-electron chi connectivity index (χ4n) is 2.37. The van der Waals surface area contributed by atoms with Gasteiger partial charge in [-0.3, -0.25) is 4.79 Å². The van der Waals surface area contributed by atoms with E-state index in [2.05, 4.69) is 31.1 Å². The summed E-state index contributed by atoms with van der Waals surface area (Å²) in [5, 5.41) is 12.5. The lowest BCUT2D eigenvalue weighted by Gasteiger charge is -2.21. The van der Waals surface area contributed by atoms with Gasteiger partial charge < -0.3 is 15.0 Å². The molecular weight excluding hydrogens is 290 g/mol. The molecule has 1 aromatic carbocycles. The van der Waals surface area contributed by atoms with Crippen LogP contribution in [0.3, 0.4) is 0 Å². The quantitative estimate of drug-likeness (QED) is 0.823. The normalized spacial score (nSPS) is 13.0. The van der Waals surface area contributed by atoms with Gasteiger partial charge in [0, 0.05) is 24.6 Å². The fraction of sp³-hybridized carbons (Fsp3) is 0.444. The molecular formula is C18H25N3O2. The van der Waals surface area contributed by atoms with E-state index in [1.807, 2.05) is 35.0 Å². The number of carboxylic acids is 1. The third-order valence-corrected chi connectivity index (χ3v) is 3.75. The second kappa shape index (κ2) is 7.42. The largest absolute Gasteiger partial charge is 0.480 e. The number of imidazole rings is 1. The average Bonchev–Trinajstić information content (AvgIpc) is 3.00. The molecule has 0 saturated carbocycles. The molecule has 0 fully saturated rings. The Bertz CT molecular complexity index is 630. The highest BCUT2D eigenvalue weighted by Crippen LogP contribution is 2.22. The summed E-state index contributed by atoms with van der Waals surface area (Å²) in [7, 11) is 0. The first-order chi connectivity index (χ1) is 10.8. The smallest absolute Gasteiger partial charge is 0.320 e. The first-order valence-corrected chi connectivity index (χ1v) is 7.89. The number of nitrogens with zero attached hydrogens (tertiary/aromatic N) is 2. The van der Waals surface area contributed by atoms with Crippen molar-refractivity contribution in [3.05, 3.63) is 48.5 Å². The van der Waals surface area contributed by atoms with Gasteiger partial charge in [0.2, 0.25) is 0 Å². The van der Waals surface area contributed by atoms with Crippen molar-refractivity contribution in [2.75, 3.05) is 0 Å². The van der Waals surface area contributed by atoms with Crippen LogP contribution in [-0.2, 0) is 11.3 Å². The summed E-state index contributed by atoms with van der Waals surface area (Å²) >= 11 is 0. The Kier molecular flexibility index (Phi) is 5.55. The maximum atomic E-state index is 11.4. The van der Waals surface area contributed by atoms with Gasteiger partial charge in [0.05, 0.1) is 6.33 Å². The van der Waals surface area contributed by atoms with E-state index in [-0.39, 0.29) is 5.41 Å². The molecule has 0 bridgehead atoms. The molecule has 0 radical (unpaired) electrons. The zero-order valence-electron chi connectivity index (χ0n) is 14.0. The van der Waals surface area contributed by atoms with Crippen LogP contribution < -0.4 is 5.32 Å². The number of carboxylic acid groups (broad SMARTS) is 1. The standard InChI is InChI=1S/C18H25N3O2/c1-18(2,3)8-7-16(17(22)23)20-12-14-5-4-6-15(11-14)21-10-9-19-13-21/h4-6,9-11,13,16,20H,7-8,12H2,1-3H3,(H,22,23)/t16-/m0/s1. The highest BCUT2D eigenvalue weighted by atomic mass is 16.4. The van der Waals surface area contributed by atoms with Gasteiger partial charge in [0.1, 0.15) is 6.04 Å². The van der Waals surface area contributed by atoms with Gasteiger partial charge in [-0.15, -0.1) is 0 Å². The van der Waals surface area contributed by atoms with Crippen molar-refractivity contribution in [2.24, 2.45) is 5.41 Å². The first kappa shape index (κ1) is 17.2. The molecule has 2 rings (SSSR count). The SMILES string of the molecule is CC(C)(C)CC[C@H](NCc1cccc(-n2ccnc2)c1)C(=O)O. The summed E-state index contributed by atoms with van der Waals surface area (Å²) in [5.74, 6) is -0.792. The average molecular weight is 315 g/mol. The molecule has 2 aromatic rings. The van der Waals surface area contributed by atoms with Gasteiger partial charge in [-0.2, -0.15) is 0 Å². The molecule has 0 spiro atoms. The van der Waals surface area contributed by atoms with Crippen molar-refractivity contribution < 1.29 is 9.90 Å². The Labute approximate surface area is 137 Å². The molecule has 5 nitrogen and oxygen atoms in total. The fourth-order valence-corrected chi connectivity index (χ4v) is 2.37. The molecule has 0 unspecified atom stereocenters. The van der Waals surface area contributed by atoms with E-state index in [9.17, 15) is 9.90 Å². The predicted molar refractivity (Wildman–Crippen MR) is 90.5 cm³/mol. The van der Waals surface area contributed by atoms with E-state index in [0.29, 0.717) is 13.0 Å². The molecule has 0 amide bonds. The van der Waals surface area contributed by atoms with E-state index in [4.69, 9.17) is 0 Å². The predicted octanol–water partition coefficient (Wildman–Crippen LogP) is 3.24. The van der Waals surface area contributed by atoms with Gasteiger partial charge in [-0.1, -0.05) is 32.9 Å². The van der Waals surface area contributed by atoms with Crippen LogP contribution >= 0.6 is 0 Å². The number of carbonyl (C=O) groups is 1. The molecule has 5 heteroatoms. The van der Waals surface area contributed by atoms with Gasteiger partial charge in [-0.25, -0.2) is 4.98 Å². The van der Waals surface area contributed by atoms with Crippen LogP contribution in [0.15, 0.2) is 43.0 Å². The van der Waals surface area contributed by atoms with Crippen LogP contribution in [0, 0.1) is 5.41 Å². The Morgan fingerprint density at radius 1 is 1.39 bits per heavy atom. The molecule has 0 saturated heterocycles. The number of benzene rings is 1. The van der Waals surface area contributed by atoms with Crippen LogP contribution in [0.5, 0.6) is 0 Å². The summed E-state index contributed by atoms with van der Waals surface area (Å²) in [5.41, 5.74) is 2.21. The summed E-state index contributed by atoms with van der Waals surface area (Å²) < 4.78 is 1.93. The molecule has 1 heterocycles. The summed E-state index contributed by atoms with van der Waals surface area (Å²) in [6, 6.07) is 7.48. The minimum absolute atomic E-state index is 0.136. The molecule has 0 aliphatic carbocycles. The van der Waals surface area contributed by atoms with Crippen LogP contribution in [0.4, 0.5) is 0 Å². The molecule has 1 aromatic heterocycles. The Balaban J connectivity index is 1.98. The second-order valence-electron chi connectivity index (χ2n) is 7.01. The number of hydrogen-bond acceptors (Lipinski definition) is 3. The Hall–Kier alpha value is -2.14. The van der Waals surface area contributed by atoms with Crippen molar-refractivity contribution in [3.63, 3.8) is 0 Å². The van der Waals surface area contributed by atoms with Gasteiger partial charge in [0.15, 0.2) is 0 Å². The number of hydrogen-bond donors (Lipinski definition) is 2. The van der Waals surface area contributed by atoms with Crippen molar-refractivity contribution in [2.45, 2.75) is 46.2 Å². The number of rotatable bonds is 7. The Morgan fingerprint density at radius 3 is 2.78 bits per heavy atom. The topological polar surface area (TPSA) is 67.2 Å². The van der Waals surface area contributed by atoms with Crippen molar-refractivity contribution in [1.82, 2.24) is 14.9 Å². The zero-order valence-corrected chi connectivity index (χ0v) is 14.0. The summed E-state index contributed by atoms with van der Waals surface area (Å²) in [4.78, 5) is 15.5. The molecule has 23 heavy (non-hydrogen) atoms. The molecule has 0 aliphatic heterocycles. The lowest BCUT2D eigenvalue weighted by molar-refractivity contribution is -0.139. The van der Waals surface area contributed by atoms with Crippen LogP contribution in [-0.4, -0.2) is 26.7 Å². The minimum atomic E-state index is -0.792. The van der Waals surface area contributed by atoms with E-state index < -0.39 is 12.0 Å². The maximum absolute atomic E-state index is 11.4. The van der Waals surface area contributed by atoms with E-state index in [0.717, 1.165) is 17.7 Å². The summed E-state index contributed by atoms with van der Waals surface area (Å²) in [6.45, 7) is 6.91. The maximum Gasteiger partial charge on any atom is 0.320 e. The highest BCUT2D eigenvalue weighted by molar-refractivity contribution is 5.73. The first-order valence-electron chi connectivity index (χ1n) is 7.89. The van der Waals surface area contributed by atoms with Crippen molar-refractivity contribution in [3.8, 4) is 5.69 Å². The zero-order chi connectivity index (χ0) is 16.9. The van der Waals surface area contributed by atoms with E-state index in [1.54, 1.807) is 12.5 Å². The monoisotopic (exact) mass is 315 g/mol. The molecule has 0 aliphatic rings. The van der Waals surface area contributed by atoms with E-state index in [1.165, 1.54) is 0 Å².